The molecule has 0 aliphatic heterocycles. The highest BCUT2D eigenvalue weighted by atomic mass is 16.3. The molecule has 17 heavy (non-hydrogen) atoms. The lowest BCUT2D eigenvalue weighted by Crippen LogP contribution is -2.01. The predicted molar refractivity (Wildman–Crippen MR) is 66.1 cm³/mol. The Hall–Kier alpha value is -1.68. The number of aromatic nitrogens is 3. The Bertz CT molecular complexity index is 502. The number of pyridine rings is 1. The van der Waals surface area contributed by atoms with Crippen molar-refractivity contribution in [3.63, 3.8) is 0 Å². The first kappa shape index (κ1) is 11.8. The van der Waals surface area contributed by atoms with Crippen LogP contribution in [-0.2, 0) is 0 Å². The molecule has 4 heteroatoms. The van der Waals surface area contributed by atoms with Crippen LogP contribution in [0.1, 0.15) is 36.5 Å². The van der Waals surface area contributed by atoms with Gasteiger partial charge in [0.2, 0.25) is 0 Å². The molecule has 0 amide bonds. The van der Waals surface area contributed by atoms with Crippen LogP contribution in [0.15, 0.2) is 24.7 Å². The third kappa shape index (κ3) is 2.22. The number of rotatable bonds is 3. The Morgan fingerprint density at radius 2 is 2.06 bits per heavy atom. The van der Waals surface area contributed by atoms with Gasteiger partial charge in [-0.2, -0.15) is 0 Å². The summed E-state index contributed by atoms with van der Waals surface area (Å²) in [6, 6.07) is 3.81. The fourth-order valence-corrected chi connectivity index (χ4v) is 1.71. The Morgan fingerprint density at radius 1 is 1.29 bits per heavy atom. The smallest absolute Gasteiger partial charge is 0.0997 e. The zero-order valence-corrected chi connectivity index (χ0v) is 10.4. The number of imidazole rings is 1. The summed E-state index contributed by atoms with van der Waals surface area (Å²) in [5, 5.41) is 9.67. The minimum Gasteiger partial charge on any atom is -0.387 e. The molecule has 0 aromatic carbocycles. The quantitative estimate of drug-likeness (QED) is 0.882. The number of aliphatic hydroxyl groups excluding tert-OH is 1. The molecule has 1 unspecified atom stereocenters. The molecule has 0 saturated carbocycles. The van der Waals surface area contributed by atoms with Gasteiger partial charge >= 0.3 is 0 Å². The van der Waals surface area contributed by atoms with Crippen molar-refractivity contribution in [2.24, 2.45) is 0 Å². The van der Waals surface area contributed by atoms with Crippen molar-refractivity contribution in [2.75, 3.05) is 0 Å². The van der Waals surface area contributed by atoms with E-state index in [4.69, 9.17) is 0 Å². The summed E-state index contributed by atoms with van der Waals surface area (Å²) in [7, 11) is 0. The predicted octanol–water partition coefficient (Wildman–Crippen LogP) is 2.33. The molecule has 1 N–H and O–H groups in total. The van der Waals surface area contributed by atoms with E-state index in [0.717, 1.165) is 17.1 Å². The SMILES string of the molecule is CCC(O)c1ccc(-n2cnc(C)c2C)cn1. The van der Waals surface area contributed by atoms with Gasteiger partial charge in [-0.1, -0.05) is 6.92 Å². The van der Waals surface area contributed by atoms with Crippen molar-refractivity contribution >= 4 is 0 Å². The van der Waals surface area contributed by atoms with Gasteiger partial charge in [0.15, 0.2) is 0 Å². The minimum absolute atomic E-state index is 0.477. The van der Waals surface area contributed by atoms with Gasteiger partial charge in [-0.25, -0.2) is 4.98 Å². The molecule has 2 rings (SSSR count). The van der Waals surface area contributed by atoms with Crippen molar-refractivity contribution in [2.45, 2.75) is 33.3 Å². The van der Waals surface area contributed by atoms with Crippen LogP contribution in [-0.4, -0.2) is 19.6 Å². The van der Waals surface area contributed by atoms with Crippen LogP contribution >= 0.6 is 0 Å². The highest BCUT2D eigenvalue weighted by molar-refractivity contribution is 5.33. The normalized spacial score (nSPS) is 12.7. The summed E-state index contributed by atoms with van der Waals surface area (Å²) in [5.41, 5.74) is 3.80. The minimum atomic E-state index is -0.477. The Morgan fingerprint density at radius 3 is 2.53 bits per heavy atom. The Labute approximate surface area is 101 Å². The van der Waals surface area contributed by atoms with E-state index < -0.39 is 6.10 Å². The van der Waals surface area contributed by atoms with Gasteiger partial charge in [0.05, 0.1) is 35.7 Å². The van der Waals surface area contributed by atoms with E-state index >= 15 is 0 Å². The molecular formula is C13H17N3O. The molecule has 0 fully saturated rings. The number of aryl methyl sites for hydroxylation is 1. The highest BCUT2D eigenvalue weighted by Gasteiger charge is 2.08. The number of nitrogens with zero attached hydrogens (tertiary/aromatic N) is 3. The fraction of sp³-hybridized carbons (Fsp3) is 0.385. The van der Waals surface area contributed by atoms with Crippen LogP contribution in [0, 0.1) is 13.8 Å². The molecule has 0 radical (unpaired) electrons. The van der Waals surface area contributed by atoms with Gasteiger partial charge < -0.3 is 9.67 Å². The summed E-state index contributed by atoms with van der Waals surface area (Å²) in [6.07, 6.45) is 3.75. The Kier molecular flexibility index (Phi) is 3.24. The first-order valence-electron chi connectivity index (χ1n) is 5.78. The molecule has 2 heterocycles. The van der Waals surface area contributed by atoms with Crippen molar-refractivity contribution in [1.82, 2.24) is 14.5 Å². The summed E-state index contributed by atoms with van der Waals surface area (Å²) in [4.78, 5) is 8.53. The number of hydrogen-bond donors (Lipinski definition) is 1. The van der Waals surface area contributed by atoms with Crippen molar-refractivity contribution in [3.05, 3.63) is 41.7 Å². The third-order valence-corrected chi connectivity index (χ3v) is 3.03. The summed E-state index contributed by atoms with van der Waals surface area (Å²) in [6.45, 7) is 5.94. The first-order valence-corrected chi connectivity index (χ1v) is 5.78. The second-order valence-electron chi connectivity index (χ2n) is 4.15. The maximum Gasteiger partial charge on any atom is 0.0997 e. The maximum absolute atomic E-state index is 9.67. The molecule has 2 aromatic heterocycles. The van der Waals surface area contributed by atoms with E-state index in [1.54, 1.807) is 12.5 Å². The Balaban J connectivity index is 2.32. The molecule has 0 aliphatic carbocycles. The maximum atomic E-state index is 9.67. The largest absolute Gasteiger partial charge is 0.387 e. The zero-order chi connectivity index (χ0) is 12.4. The lowest BCUT2D eigenvalue weighted by Gasteiger charge is -2.09. The van der Waals surface area contributed by atoms with Gasteiger partial charge in [0.1, 0.15) is 0 Å². The molecule has 0 bridgehead atoms. The molecule has 0 saturated heterocycles. The van der Waals surface area contributed by atoms with Crippen LogP contribution in [0.25, 0.3) is 5.69 Å². The molecule has 1 atom stereocenters. The molecule has 0 spiro atoms. The number of aliphatic hydroxyl groups is 1. The monoisotopic (exact) mass is 231 g/mol. The second kappa shape index (κ2) is 4.67. The van der Waals surface area contributed by atoms with E-state index in [0.29, 0.717) is 12.1 Å². The second-order valence-corrected chi connectivity index (χ2v) is 4.15. The first-order chi connectivity index (χ1) is 8.13. The van der Waals surface area contributed by atoms with E-state index in [2.05, 4.69) is 9.97 Å². The highest BCUT2D eigenvalue weighted by Crippen LogP contribution is 2.17. The summed E-state index contributed by atoms with van der Waals surface area (Å²) < 4.78 is 1.99. The molecule has 90 valence electrons. The van der Waals surface area contributed by atoms with E-state index in [1.165, 1.54) is 0 Å². The van der Waals surface area contributed by atoms with E-state index in [1.807, 2.05) is 37.5 Å². The molecule has 2 aromatic rings. The van der Waals surface area contributed by atoms with Gasteiger partial charge in [-0.05, 0) is 32.4 Å². The van der Waals surface area contributed by atoms with Gasteiger partial charge in [0.25, 0.3) is 0 Å². The van der Waals surface area contributed by atoms with Crippen LogP contribution in [0.4, 0.5) is 0 Å². The fourth-order valence-electron chi connectivity index (χ4n) is 1.71. The van der Waals surface area contributed by atoms with Crippen LogP contribution in [0.2, 0.25) is 0 Å². The molecule has 4 nitrogen and oxygen atoms in total. The zero-order valence-electron chi connectivity index (χ0n) is 10.4. The van der Waals surface area contributed by atoms with Gasteiger partial charge in [0, 0.05) is 5.69 Å². The lowest BCUT2D eigenvalue weighted by atomic mass is 10.2. The summed E-state index contributed by atoms with van der Waals surface area (Å²) in [5.74, 6) is 0. The number of hydrogen-bond acceptors (Lipinski definition) is 3. The van der Waals surface area contributed by atoms with Crippen LogP contribution in [0.3, 0.4) is 0 Å². The summed E-state index contributed by atoms with van der Waals surface area (Å²) >= 11 is 0. The van der Waals surface area contributed by atoms with Crippen molar-refractivity contribution in [1.29, 1.82) is 0 Å². The van der Waals surface area contributed by atoms with E-state index in [9.17, 15) is 5.11 Å². The van der Waals surface area contributed by atoms with Crippen LogP contribution in [0.5, 0.6) is 0 Å². The average Bonchev–Trinajstić information content (AvgIpc) is 2.69. The average molecular weight is 231 g/mol. The van der Waals surface area contributed by atoms with Crippen molar-refractivity contribution in [3.8, 4) is 5.69 Å². The van der Waals surface area contributed by atoms with E-state index in [-0.39, 0.29) is 0 Å². The van der Waals surface area contributed by atoms with Gasteiger partial charge in [-0.3, -0.25) is 4.98 Å². The topological polar surface area (TPSA) is 50.9 Å². The standard InChI is InChI=1S/C13H17N3O/c1-4-13(17)12-6-5-11(7-14-12)16-8-15-9(2)10(16)3/h5-8,13,17H,4H2,1-3H3. The van der Waals surface area contributed by atoms with Gasteiger partial charge in [-0.15, -0.1) is 0 Å². The van der Waals surface area contributed by atoms with Crippen LogP contribution < -0.4 is 0 Å². The molecular weight excluding hydrogens is 214 g/mol. The lowest BCUT2D eigenvalue weighted by molar-refractivity contribution is 0.169. The van der Waals surface area contributed by atoms with Crippen molar-refractivity contribution < 1.29 is 5.11 Å². The third-order valence-electron chi connectivity index (χ3n) is 3.03. The molecule has 0 aliphatic rings.